The molecule has 0 aliphatic heterocycles. The van der Waals surface area contributed by atoms with Gasteiger partial charge in [-0.25, -0.2) is 0 Å². The monoisotopic (exact) mass is 324 g/mol. The molecule has 1 aromatic carbocycles. The molecule has 8 heteroatoms. The van der Waals surface area contributed by atoms with Crippen LogP contribution in [-0.4, -0.2) is 23.9 Å². The van der Waals surface area contributed by atoms with Gasteiger partial charge >= 0.3 is 23.9 Å². The zero-order chi connectivity index (χ0) is 17.6. The Labute approximate surface area is 132 Å². The third-order valence-electron chi connectivity index (χ3n) is 2.24. The Morgan fingerprint density at radius 2 is 1.09 bits per heavy atom. The molecule has 0 aromatic heterocycles. The van der Waals surface area contributed by atoms with Gasteiger partial charge in [0, 0.05) is 39.3 Å². The van der Waals surface area contributed by atoms with Gasteiger partial charge in [0.1, 0.15) is 11.5 Å². The highest BCUT2D eigenvalue weighted by atomic mass is 16.7. The molecular formula is C15H16O8. The van der Waals surface area contributed by atoms with E-state index in [2.05, 4.69) is 0 Å². The number of benzene rings is 1. The Kier molecular flexibility index (Phi) is 6.25. The zero-order valence-corrected chi connectivity index (χ0v) is 13.1. The molecule has 0 bridgehead atoms. The van der Waals surface area contributed by atoms with Gasteiger partial charge in [-0.1, -0.05) is 0 Å². The molecule has 1 rings (SSSR count). The lowest BCUT2D eigenvalue weighted by Crippen LogP contribution is -2.15. The fourth-order valence-electron chi connectivity index (χ4n) is 1.64. The van der Waals surface area contributed by atoms with Crippen LogP contribution in [0.15, 0.2) is 18.2 Å². The molecule has 0 fully saturated rings. The van der Waals surface area contributed by atoms with Crippen LogP contribution >= 0.6 is 0 Å². The van der Waals surface area contributed by atoms with E-state index in [1.54, 1.807) is 0 Å². The first-order valence-corrected chi connectivity index (χ1v) is 6.53. The minimum atomic E-state index is -1.37. The molecule has 0 unspecified atom stereocenters. The second kappa shape index (κ2) is 7.92. The number of rotatable bonds is 5. The van der Waals surface area contributed by atoms with Crippen LogP contribution in [0.3, 0.4) is 0 Å². The fourth-order valence-corrected chi connectivity index (χ4v) is 1.64. The maximum Gasteiger partial charge on any atom is 0.308 e. The van der Waals surface area contributed by atoms with E-state index in [4.69, 9.17) is 18.9 Å². The molecule has 0 radical (unpaired) electrons. The van der Waals surface area contributed by atoms with Crippen LogP contribution in [0, 0.1) is 0 Å². The van der Waals surface area contributed by atoms with E-state index in [-0.39, 0.29) is 17.1 Å². The van der Waals surface area contributed by atoms with E-state index in [1.807, 2.05) is 0 Å². The van der Waals surface area contributed by atoms with Gasteiger partial charge in [0.05, 0.1) is 0 Å². The van der Waals surface area contributed by atoms with E-state index < -0.39 is 30.2 Å². The molecule has 0 saturated carbocycles. The average Bonchev–Trinajstić information content (AvgIpc) is 2.34. The van der Waals surface area contributed by atoms with Crippen molar-refractivity contribution < 1.29 is 38.1 Å². The van der Waals surface area contributed by atoms with Gasteiger partial charge in [-0.3, -0.25) is 19.2 Å². The van der Waals surface area contributed by atoms with Gasteiger partial charge in [0.2, 0.25) is 0 Å². The summed E-state index contributed by atoms with van der Waals surface area (Å²) in [6, 6.07) is 3.95. The largest absolute Gasteiger partial charge is 0.427 e. The van der Waals surface area contributed by atoms with Gasteiger partial charge < -0.3 is 18.9 Å². The molecule has 0 spiro atoms. The average molecular weight is 324 g/mol. The second-order valence-electron chi connectivity index (χ2n) is 4.48. The predicted octanol–water partition coefficient (Wildman–Crippen LogP) is 1.66. The van der Waals surface area contributed by atoms with Gasteiger partial charge in [-0.15, -0.1) is 0 Å². The minimum absolute atomic E-state index is 0.0376. The Balaban J connectivity index is 3.26. The quantitative estimate of drug-likeness (QED) is 0.457. The Morgan fingerprint density at radius 3 is 1.39 bits per heavy atom. The summed E-state index contributed by atoms with van der Waals surface area (Å²) in [6.07, 6.45) is -1.37. The van der Waals surface area contributed by atoms with E-state index in [0.717, 1.165) is 13.8 Å². The smallest absolute Gasteiger partial charge is 0.308 e. The van der Waals surface area contributed by atoms with Crippen LogP contribution in [0.1, 0.15) is 39.5 Å². The second-order valence-corrected chi connectivity index (χ2v) is 4.48. The normalized spacial score (nSPS) is 9.96. The lowest BCUT2D eigenvalue weighted by molar-refractivity contribution is -0.186. The number of hydrogen-bond acceptors (Lipinski definition) is 8. The van der Waals surface area contributed by atoms with Crippen molar-refractivity contribution in [1.82, 2.24) is 0 Å². The maximum atomic E-state index is 11.2. The van der Waals surface area contributed by atoms with Gasteiger partial charge in [-0.05, 0) is 12.1 Å². The number of esters is 4. The molecule has 0 heterocycles. The van der Waals surface area contributed by atoms with E-state index >= 15 is 0 Å². The third-order valence-corrected chi connectivity index (χ3v) is 2.24. The molecule has 0 aliphatic rings. The molecule has 0 saturated heterocycles. The summed E-state index contributed by atoms with van der Waals surface area (Å²) in [5, 5.41) is 0. The minimum Gasteiger partial charge on any atom is -0.427 e. The summed E-state index contributed by atoms with van der Waals surface area (Å²) in [4.78, 5) is 44.5. The van der Waals surface area contributed by atoms with Crippen LogP contribution in [0.5, 0.6) is 11.5 Å². The van der Waals surface area contributed by atoms with E-state index in [1.165, 1.54) is 32.0 Å². The molecular weight excluding hydrogens is 308 g/mol. The lowest BCUT2D eigenvalue weighted by Gasteiger charge is -2.18. The third kappa shape index (κ3) is 6.60. The van der Waals surface area contributed by atoms with Gasteiger partial charge in [-0.2, -0.15) is 0 Å². The molecule has 0 atom stereocenters. The van der Waals surface area contributed by atoms with E-state index in [0.29, 0.717) is 0 Å². The summed E-state index contributed by atoms with van der Waals surface area (Å²) >= 11 is 0. The Bertz CT molecular complexity index is 584. The van der Waals surface area contributed by atoms with Crippen LogP contribution in [0.4, 0.5) is 0 Å². The van der Waals surface area contributed by atoms with Crippen molar-refractivity contribution in [3.63, 3.8) is 0 Å². The number of carbonyl (C=O) groups is 4. The van der Waals surface area contributed by atoms with Crippen LogP contribution in [-0.2, 0) is 28.7 Å². The maximum absolute atomic E-state index is 11.2. The molecule has 23 heavy (non-hydrogen) atoms. The fraction of sp³-hybridized carbons (Fsp3) is 0.333. The highest BCUT2D eigenvalue weighted by Gasteiger charge is 2.21. The first-order valence-electron chi connectivity index (χ1n) is 6.53. The van der Waals surface area contributed by atoms with Crippen molar-refractivity contribution in [2.75, 3.05) is 0 Å². The number of hydrogen-bond donors (Lipinski definition) is 0. The van der Waals surface area contributed by atoms with Crippen molar-refractivity contribution in [2.24, 2.45) is 0 Å². The summed E-state index contributed by atoms with van der Waals surface area (Å²) in [5.41, 5.74) is 0.158. The molecule has 124 valence electrons. The van der Waals surface area contributed by atoms with Crippen LogP contribution in [0.25, 0.3) is 0 Å². The van der Waals surface area contributed by atoms with Crippen molar-refractivity contribution in [1.29, 1.82) is 0 Å². The summed E-state index contributed by atoms with van der Waals surface area (Å²) in [7, 11) is 0. The van der Waals surface area contributed by atoms with E-state index in [9.17, 15) is 19.2 Å². The highest BCUT2D eigenvalue weighted by Crippen LogP contribution is 2.29. The molecule has 1 aromatic rings. The van der Waals surface area contributed by atoms with Crippen molar-refractivity contribution in [2.45, 2.75) is 34.0 Å². The first-order chi connectivity index (χ1) is 10.7. The molecule has 0 amide bonds. The predicted molar refractivity (Wildman–Crippen MR) is 75.3 cm³/mol. The molecule has 8 nitrogen and oxygen atoms in total. The highest BCUT2D eigenvalue weighted by molar-refractivity contribution is 5.72. The summed E-state index contributed by atoms with van der Waals surface area (Å²) in [6.45, 7) is 4.65. The Morgan fingerprint density at radius 1 is 0.696 bits per heavy atom. The first kappa shape index (κ1) is 18.1. The Hall–Kier alpha value is -2.90. The topological polar surface area (TPSA) is 105 Å². The van der Waals surface area contributed by atoms with Gasteiger partial charge in [0.25, 0.3) is 6.29 Å². The van der Waals surface area contributed by atoms with Crippen LogP contribution in [0.2, 0.25) is 0 Å². The number of ether oxygens (including phenoxy) is 4. The van der Waals surface area contributed by atoms with Crippen molar-refractivity contribution in [3.8, 4) is 11.5 Å². The van der Waals surface area contributed by atoms with Crippen molar-refractivity contribution >= 4 is 23.9 Å². The summed E-state index contributed by atoms with van der Waals surface area (Å²) < 4.78 is 19.7. The zero-order valence-electron chi connectivity index (χ0n) is 13.1. The van der Waals surface area contributed by atoms with Crippen LogP contribution < -0.4 is 9.47 Å². The lowest BCUT2D eigenvalue weighted by atomic mass is 10.2. The molecule has 0 aliphatic carbocycles. The number of carbonyl (C=O) groups excluding carboxylic acids is 4. The summed E-state index contributed by atoms with van der Waals surface area (Å²) in [5.74, 6) is -2.52. The van der Waals surface area contributed by atoms with Gasteiger partial charge in [0.15, 0.2) is 0 Å². The van der Waals surface area contributed by atoms with Crippen molar-refractivity contribution in [3.05, 3.63) is 23.8 Å². The molecule has 0 N–H and O–H groups in total. The SMILES string of the molecule is CC(=O)Oc1cc(OC(C)=O)cc(C(OC(C)=O)OC(C)=O)c1. The standard InChI is InChI=1S/C15H16O8/c1-8(16)20-13-5-12(6-14(7-13)21-9(2)17)15(22-10(3)18)23-11(4)19/h5-7,15H,1-4H3.